The minimum Gasteiger partial charge on any atom is -0.385 e. The van der Waals surface area contributed by atoms with Crippen LogP contribution in [0.4, 0.5) is 5.69 Å². The third-order valence-corrected chi connectivity index (χ3v) is 4.80. The quantitative estimate of drug-likeness (QED) is 0.798. The largest absolute Gasteiger partial charge is 0.385 e. The second-order valence-corrected chi connectivity index (χ2v) is 6.87. The fraction of sp³-hybridized carbons (Fsp3) is 0.312. The van der Waals surface area contributed by atoms with Crippen molar-refractivity contribution in [1.82, 2.24) is 4.98 Å². The lowest BCUT2D eigenvalue weighted by atomic mass is 10.3. The van der Waals surface area contributed by atoms with Gasteiger partial charge in [0, 0.05) is 18.4 Å². The van der Waals surface area contributed by atoms with Crippen molar-refractivity contribution in [3.05, 3.63) is 54.4 Å². The normalized spacial score (nSPS) is 11.3. The van der Waals surface area contributed by atoms with Crippen LogP contribution in [-0.4, -0.2) is 19.9 Å². The van der Waals surface area contributed by atoms with Gasteiger partial charge in [0.2, 0.25) is 0 Å². The number of aromatic nitrogens is 1. The van der Waals surface area contributed by atoms with E-state index in [1.165, 1.54) is 0 Å². The van der Waals surface area contributed by atoms with Gasteiger partial charge in [0.15, 0.2) is 9.84 Å². The molecule has 0 unspecified atom stereocenters. The monoisotopic (exact) mass is 304 g/mol. The van der Waals surface area contributed by atoms with E-state index in [9.17, 15) is 8.42 Å². The molecule has 1 aromatic carbocycles. The first-order valence-electron chi connectivity index (χ1n) is 7.08. The zero-order valence-corrected chi connectivity index (χ0v) is 12.9. The molecule has 0 aliphatic carbocycles. The fourth-order valence-corrected chi connectivity index (χ4v) is 3.23. The molecule has 0 radical (unpaired) electrons. The summed E-state index contributed by atoms with van der Waals surface area (Å²) in [5, 5.41) is 3.27. The molecule has 112 valence electrons. The van der Waals surface area contributed by atoms with Gasteiger partial charge in [-0.1, -0.05) is 19.4 Å². The van der Waals surface area contributed by atoms with Gasteiger partial charge in [-0.3, -0.25) is 4.98 Å². The molecule has 0 saturated carbocycles. The topological polar surface area (TPSA) is 59.1 Å². The van der Waals surface area contributed by atoms with Crippen LogP contribution in [0.5, 0.6) is 0 Å². The molecule has 0 spiro atoms. The molecule has 0 fully saturated rings. The first-order valence-corrected chi connectivity index (χ1v) is 8.73. The Bertz CT molecular complexity index is 652. The summed E-state index contributed by atoms with van der Waals surface area (Å²) in [5.41, 5.74) is 1.50. The molecule has 1 aromatic heterocycles. The second-order valence-electron chi connectivity index (χ2n) is 4.88. The zero-order valence-electron chi connectivity index (χ0n) is 12.1. The maximum absolute atomic E-state index is 12.3. The molecule has 0 bridgehead atoms. The van der Waals surface area contributed by atoms with Crippen molar-refractivity contribution < 1.29 is 8.42 Å². The van der Waals surface area contributed by atoms with Crippen LogP contribution >= 0.6 is 0 Å². The Kier molecular flexibility index (Phi) is 5.33. The summed E-state index contributed by atoms with van der Waals surface area (Å²) in [6.45, 7) is 3.03. The predicted molar refractivity (Wildman–Crippen MR) is 85.0 cm³/mol. The van der Waals surface area contributed by atoms with Gasteiger partial charge in [0.1, 0.15) is 0 Å². The predicted octanol–water partition coefficient (Wildman–Crippen LogP) is 3.27. The minimum absolute atomic E-state index is 0.0730. The van der Waals surface area contributed by atoms with Gasteiger partial charge in [-0.15, -0.1) is 0 Å². The maximum Gasteiger partial charge on any atom is 0.184 e. The molecule has 5 heteroatoms. The molecular weight excluding hydrogens is 284 g/mol. The molecule has 0 amide bonds. The van der Waals surface area contributed by atoms with E-state index < -0.39 is 9.84 Å². The number of unbranched alkanes of at least 4 members (excludes halogenated alkanes) is 1. The number of nitrogens with one attached hydrogen (secondary N) is 1. The summed E-state index contributed by atoms with van der Waals surface area (Å²) in [7, 11) is -3.35. The summed E-state index contributed by atoms with van der Waals surface area (Å²) in [6.07, 6.45) is 3.83. The Balaban J connectivity index is 2.06. The third-order valence-electron chi connectivity index (χ3n) is 3.14. The van der Waals surface area contributed by atoms with Gasteiger partial charge in [0.05, 0.1) is 16.3 Å². The number of benzene rings is 1. The lowest BCUT2D eigenvalue weighted by Gasteiger charge is -2.07. The van der Waals surface area contributed by atoms with Gasteiger partial charge < -0.3 is 5.32 Å². The van der Waals surface area contributed by atoms with Crippen LogP contribution in [0.1, 0.15) is 25.5 Å². The van der Waals surface area contributed by atoms with Crippen molar-refractivity contribution in [2.45, 2.75) is 30.4 Å². The maximum atomic E-state index is 12.3. The smallest absolute Gasteiger partial charge is 0.184 e. The average Bonchev–Trinajstić information content (AvgIpc) is 2.49. The van der Waals surface area contributed by atoms with Crippen LogP contribution in [0, 0.1) is 0 Å². The molecule has 1 heterocycles. The highest BCUT2D eigenvalue weighted by atomic mass is 32.2. The van der Waals surface area contributed by atoms with Crippen LogP contribution in [-0.2, 0) is 15.6 Å². The van der Waals surface area contributed by atoms with E-state index in [1.54, 1.807) is 48.7 Å². The lowest BCUT2D eigenvalue weighted by molar-refractivity contribution is 0.594. The highest BCUT2D eigenvalue weighted by molar-refractivity contribution is 7.90. The van der Waals surface area contributed by atoms with Crippen LogP contribution in [0.3, 0.4) is 0 Å². The highest BCUT2D eigenvalue weighted by Crippen LogP contribution is 2.18. The van der Waals surface area contributed by atoms with Crippen LogP contribution in [0.25, 0.3) is 0 Å². The first-order chi connectivity index (χ1) is 10.1. The van der Waals surface area contributed by atoms with Gasteiger partial charge in [-0.05, 0) is 42.8 Å². The average molecular weight is 304 g/mol. The number of nitrogens with zero attached hydrogens (tertiary/aromatic N) is 1. The van der Waals surface area contributed by atoms with Crippen LogP contribution in [0.2, 0.25) is 0 Å². The van der Waals surface area contributed by atoms with Crippen molar-refractivity contribution in [3.8, 4) is 0 Å². The van der Waals surface area contributed by atoms with E-state index in [2.05, 4.69) is 17.2 Å². The third kappa shape index (κ3) is 4.56. The van der Waals surface area contributed by atoms with E-state index >= 15 is 0 Å². The summed E-state index contributed by atoms with van der Waals surface area (Å²) in [6, 6.07) is 12.2. The molecule has 2 aromatic rings. The number of hydrogen-bond donors (Lipinski definition) is 1. The standard InChI is InChI=1S/C16H20N2O2S/c1-2-3-11-17-14-7-9-16(10-8-14)21(19,20)13-15-6-4-5-12-18-15/h4-10,12,17H,2-3,11,13H2,1H3. The number of rotatable bonds is 7. The molecule has 0 aliphatic heterocycles. The van der Waals surface area contributed by atoms with E-state index in [1.807, 2.05) is 0 Å². The highest BCUT2D eigenvalue weighted by Gasteiger charge is 2.15. The van der Waals surface area contributed by atoms with Crippen LogP contribution < -0.4 is 5.32 Å². The van der Waals surface area contributed by atoms with Crippen molar-refractivity contribution in [1.29, 1.82) is 0 Å². The van der Waals surface area contributed by atoms with Crippen molar-refractivity contribution in [2.24, 2.45) is 0 Å². The Morgan fingerprint density at radius 3 is 2.48 bits per heavy atom. The summed E-state index contributed by atoms with van der Waals surface area (Å²) >= 11 is 0. The molecule has 1 N–H and O–H groups in total. The molecule has 0 saturated heterocycles. The molecule has 0 aliphatic rings. The van der Waals surface area contributed by atoms with Crippen molar-refractivity contribution in [2.75, 3.05) is 11.9 Å². The Morgan fingerprint density at radius 2 is 1.86 bits per heavy atom. The molecule has 2 rings (SSSR count). The molecule has 21 heavy (non-hydrogen) atoms. The first kappa shape index (κ1) is 15.5. The zero-order chi connectivity index (χ0) is 15.1. The number of anilines is 1. The van der Waals surface area contributed by atoms with Gasteiger partial charge in [0.25, 0.3) is 0 Å². The lowest BCUT2D eigenvalue weighted by Crippen LogP contribution is -2.06. The van der Waals surface area contributed by atoms with Crippen molar-refractivity contribution in [3.63, 3.8) is 0 Å². The van der Waals surface area contributed by atoms with Gasteiger partial charge >= 0.3 is 0 Å². The fourth-order valence-electron chi connectivity index (χ4n) is 1.95. The second kappa shape index (κ2) is 7.22. The molecular formula is C16H20N2O2S. The van der Waals surface area contributed by atoms with Crippen molar-refractivity contribution >= 4 is 15.5 Å². The summed E-state index contributed by atoms with van der Waals surface area (Å²) < 4.78 is 24.6. The SMILES string of the molecule is CCCCNc1ccc(S(=O)(=O)Cc2ccccn2)cc1. The van der Waals surface area contributed by atoms with E-state index in [-0.39, 0.29) is 5.75 Å². The Hall–Kier alpha value is -1.88. The number of hydrogen-bond acceptors (Lipinski definition) is 4. The van der Waals surface area contributed by atoms with E-state index in [0.29, 0.717) is 10.6 Å². The minimum atomic E-state index is -3.35. The number of pyridine rings is 1. The Labute approximate surface area is 126 Å². The van der Waals surface area contributed by atoms with E-state index in [0.717, 1.165) is 25.1 Å². The van der Waals surface area contributed by atoms with Gasteiger partial charge in [-0.2, -0.15) is 0 Å². The Morgan fingerprint density at radius 1 is 1.10 bits per heavy atom. The number of sulfone groups is 1. The molecule has 0 atom stereocenters. The van der Waals surface area contributed by atoms with Gasteiger partial charge in [-0.25, -0.2) is 8.42 Å². The summed E-state index contributed by atoms with van der Waals surface area (Å²) in [4.78, 5) is 4.39. The van der Waals surface area contributed by atoms with E-state index in [4.69, 9.17) is 0 Å². The summed E-state index contributed by atoms with van der Waals surface area (Å²) in [5.74, 6) is -0.0730. The molecule has 4 nitrogen and oxygen atoms in total. The van der Waals surface area contributed by atoms with Crippen LogP contribution in [0.15, 0.2) is 53.6 Å².